The van der Waals surface area contributed by atoms with Crippen LogP contribution in [0.25, 0.3) is 0 Å². The summed E-state index contributed by atoms with van der Waals surface area (Å²) in [5.74, 6) is 0.586. The third-order valence-electron chi connectivity index (χ3n) is 3.64. The molecule has 2 unspecified atom stereocenters. The maximum atomic E-state index is 12.0. The fraction of sp³-hybridized carbons (Fsp3) is 0.533. The van der Waals surface area contributed by atoms with Gasteiger partial charge in [0.05, 0.1) is 6.04 Å². The lowest BCUT2D eigenvalue weighted by molar-refractivity contribution is -0.122. The van der Waals surface area contributed by atoms with E-state index in [-0.39, 0.29) is 18.0 Å². The first-order chi connectivity index (χ1) is 9.10. The predicted octanol–water partition coefficient (Wildman–Crippen LogP) is 3.03. The van der Waals surface area contributed by atoms with Crippen LogP contribution in [0.3, 0.4) is 0 Å². The number of hydrogen-bond donors (Lipinski definition) is 2. The Hall–Kier alpha value is -1.06. The number of amides is 1. The zero-order valence-electron chi connectivity index (χ0n) is 11.2. The van der Waals surface area contributed by atoms with Gasteiger partial charge in [0.25, 0.3) is 0 Å². The van der Waals surface area contributed by atoms with Gasteiger partial charge in [-0.05, 0) is 42.9 Å². The molecule has 19 heavy (non-hydrogen) atoms. The molecule has 0 spiro atoms. The molecule has 0 saturated heterocycles. The Balaban J connectivity index is 1.92. The third kappa shape index (κ3) is 4.22. The summed E-state index contributed by atoms with van der Waals surface area (Å²) in [6, 6.07) is 7.65. The SMILES string of the molecule is CCC(NC(=O)CC(N)C1CC1)c1cccc(Cl)c1. The predicted molar refractivity (Wildman–Crippen MR) is 77.9 cm³/mol. The summed E-state index contributed by atoms with van der Waals surface area (Å²) in [6.07, 6.45) is 3.59. The maximum absolute atomic E-state index is 12.0. The molecular weight excluding hydrogens is 260 g/mol. The molecule has 1 amide bonds. The van der Waals surface area contributed by atoms with E-state index in [1.54, 1.807) is 0 Å². The number of hydrogen-bond acceptors (Lipinski definition) is 2. The van der Waals surface area contributed by atoms with Crippen LogP contribution in [-0.4, -0.2) is 11.9 Å². The molecule has 0 radical (unpaired) electrons. The minimum absolute atomic E-state index is 0.0110. The molecule has 2 atom stereocenters. The minimum atomic E-state index is 0.0110. The van der Waals surface area contributed by atoms with Crippen LogP contribution in [0.2, 0.25) is 5.02 Å². The van der Waals surface area contributed by atoms with Crippen molar-refractivity contribution in [3.05, 3.63) is 34.9 Å². The second-order valence-electron chi connectivity index (χ2n) is 5.29. The van der Waals surface area contributed by atoms with Crippen molar-refractivity contribution in [1.29, 1.82) is 0 Å². The molecule has 0 aliphatic heterocycles. The van der Waals surface area contributed by atoms with Crippen molar-refractivity contribution in [3.8, 4) is 0 Å². The first-order valence-corrected chi connectivity index (χ1v) is 7.28. The first-order valence-electron chi connectivity index (χ1n) is 6.90. The Morgan fingerprint density at radius 1 is 1.53 bits per heavy atom. The molecule has 1 fully saturated rings. The number of benzene rings is 1. The fourth-order valence-corrected chi connectivity index (χ4v) is 2.50. The fourth-order valence-electron chi connectivity index (χ4n) is 2.30. The van der Waals surface area contributed by atoms with Gasteiger partial charge in [0, 0.05) is 17.5 Å². The first kappa shape index (κ1) is 14.4. The average Bonchev–Trinajstić information content (AvgIpc) is 3.20. The molecule has 3 nitrogen and oxygen atoms in total. The van der Waals surface area contributed by atoms with E-state index < -0.39 is 0 Å². The molecule has 0 bridgehead atoms. The quantitative estimate of drug-likeness (QED) is 0.841. The van der Waals surface area contributed by atoms with Crippen LogP contribution in [0.15, 0.2) is 24.3 Å². The molecular formula is C15H21ClN2O. The van der Waals surface area contributed by atoms with Crippen molar-refractivity contribution in [2.75, 3.05) is 0 Å². The molecule has 2 rings (SSSR count). The molecule has 0 heterocycles. The monoisotopic (exact) mass is 280 g/mol. The number of nitrogens with two attached hydrogens (primary N) is 1. The highest BCUT2D eigenvalue weighted by Gasteiger charge is 2.30. The maximum Gasteiger partial charge on any atom is 0.222 e. The summed E-state index contributed by atoms with van der Waals surface area (Å²) in [4.78, 5) is 12.0. The number of rotatable bonds is 6. The number of nitrogens with one attached hydrogen (secondary N) is 1. The molecule has 104 valence electrons. The van der Waals surface area contributed by atoms with Crippen LogP contribution in [0.1, 0.15) is 44.2 Å². The van der Waals surface area contributed by atoms with Crippen molar-refractivity contribution in [1.82, 2.24) is 5.32 Å². The van der Waals surface area contributed by atoms with E-state index in [0.29, 0.717) is 17.4 Å². The molecule has 4 heteroatoms. The third-order valence-corrected chi connectivity index (χ3v) is 3.88. The van der Waals surface area contributed by atoms with Gasteiger partial charge in [0.2, 0.25) is 5.91 Å². The lowest BCUT2D eigenvalue weighted by Gasteiger charge is -2.19. The zero-order chi connectivity index (χ0) is 13.8. The van der Waals surface area contributed by atoms with Gasteiger partial charge in [-0.2, -0.15) is 0 Å². The molecule has 1 aliphatic carbocycles. The van der Waals surface area contributed by atoms with Crippen molar-refractivity contribution in [2.24, 2.45) is 11.7 Å². The van der Waals surface area contributed by atoms with Crippen LogP contribution in [0.4, 0.5) is 0 Å². The van der Waals surface area contributed by atoms with Gasteiger partial charge in [0.15, 0.2) is 0 Å². The summed E-state index contributed by atoms with van der Waals surface area (Å²) < 4.78 is 0. The lowest BCUT2D eigenvalue weighted by Crippen LogP contribution is -2.35. The topological polar surface area (TPSA) is 55.1 Å². The van der Waals surface area contributed by atoms with Crippen molar-refractivity contribution >= 4 is 17.5 Å². The van der Waals surface area contributed by atoms with Gasteiger partial charge in [-0.25, -0.2) is 0 Å². The van der Waals surface area contributed by atoms with Gasteiger partial charge in [-0.3, -0.25) is 4.79 Å². The van der Waals surface area contributed by atoms with Gasteiger partial charge in [-0.15, -0.1) is 0 Å². The number of carbonyl (C=O) groups excluding carboxylic acids is 1. The molecule has 1 aromatic rings. The van der Waals surface area contributed by atoms with E-state index in [1.807, 2.05) is 31.2 Å². The highest BCUT2D eigenvalue weighted by molar-refractivity contribution is 6.30. The van der Waals surface area contributed by atoms with Crippen molar-refractivity contribution in [2.45, 2.75) is 44.7 Å². The van der Waals surface area contributed by atoms with Crippen LogP contribution in [0, 0.1) is 5.92 Å². The highest BCUT2D eigenvalue weighted by Crippen LogP contribution is 2.32. The van der Waals surface area contributed by atoms with E-state index >= 15 is 0 Å². The summed E-state index contributed by atoms with van der Waals surface area (Å²) in [7, 11) is 0. The average molecular weight is 281 g/mol. The number of carbonyl (C=O) groups is 1. The van der Waals surface area contributed by atoms with E-state index in [1.165, 1.54) is 12.8 Å². The van der Waals surface area contributed by atoms with Gasteiger partial charge >= 0.3 is 0 Å². The van der Waals surface area contributed by atoms with E-state index in [2.05, 4.69) is 5.32 Å². The molecule has 1 aromatic carbocycles. The Kier molecular flexibility index (Phi) is 4.83. The van der Waals surface area contributed by atoms with Gasteiger partial charge < -0.3 is 11.1 Å². The number of halogens is 1. The Bertz CT molecular complexity index is 446. The summed E-state index contributed by atoms with van der Waals surface area (Å²) >= 11 is 5.98. The second-order valence-corrected chi connectivity index (χ2v) is 5.73. The normalized spacial score (nSPS) is 17.8. The summed E-state index contributed by atoms with van der Waals surface area (Å²) in [6.45, 7) is 2.05. The van der Waals surface area contributed by atoms with Crippen LogP contribution in [0.5, 0.6) is 0 Å². The lowest BCUT2D eigenvalue weighted by atomic mass is 10.0. The molecule has 3 N–H and O–H groups in total. The van der Waals surface area contributed by atoms with Crippen LogP contribution < -0.4 is 11.1 Å². The van der Waals surface area contributed by atoms with E-state index in [0.717, 1.165) is 12.0 Å². The van der Waals surface area contributed by atoms with Gasteiger partial charge in [0.1, 0.15) is 0 Å². The standard InChI is InChI=1S/C15H21ClN2O/c1-2-14(11-4-3-5-12(16)8-11)18-15(19)9-13(17)10-6-7-10/h3-5,8,10,13-14H,2,6-7,9,17H2,1H3,(H,18,19). The van der Waals surface area contributed by atoms with Crippen molar-refractivity contribution < 1.29 is 4.79 Å². The molecule has 1 saturated carbocycles. The Labute approximate surface area is 119 Å². The summed E-state index contributed by atoms with van der Waals surface area (Å²) in [5, 5.41) is 3.74. The van der Waals surface area contributed by atoms with Crippen LogP contribution in [-0.2, 0) is 4.79 Å². The van der Waals surface area contributed by atoms with E-state index in [9.17, 15) is 4.79 Å². The largest absolute Gasteiger partial charge is 0.349 e. The Morgan fingerprint density at radius 3 is 2.84 bits per heavy atom. The minimum Gasteiger partial charge on any atom is -0.349 e. The van der Waals surface area contributed by atoms with E-state index in [4.69, 9.17) is 17.3 Å². The van der Waals surface area contributed by atoms with Crippen molar-refractivity contribution in [3.63, 3.8) is 0 Å². The molecule has 1 aliphatic rings. The molecule has 0 aromatic heterocycles. The summed E-state index contributed by atoms with van der Waals surface area (Å²) in [5.41, 5.74) is 7.02. The van der Waals surface area contributed by atoms with Gasteiger partial charge in [-0.1, -0.05) is 30.7 Å². The zero-order valence-corrected chi connectivity index (χ0v) is 12.0. The van der Waals surface area contributed by atoms with Crippen LogP contribution >= 0.6 is 11.6 Å². The smallest absolute Gasteiger partial charge is 0.222 e. The Morgan fingerprint density at radius 2 is 2.26 bits per heavy atom. The second kappa shape index (κ2) is 6.40. The highest BCUT2D eigenvalue weighted by atomic mass is 35.5.